The number of nitrogens with two attached hydrogens (primary N) is 1. The van der Waals surface area contributed by atoms with Crippen LogP contribution < -0.4 is 10.5 Å². The molecule has 7 heteroatoms. The van der Waals surface area contributed by atoms with Crippen LogP contribution in [0.3, 0.4) is 0 Å². The first-order chi connectivity index (χ1) is 10.4. The fourth-order valence-electron chi connectivity index (χ4n) is 1.76. The third-order valence-electron chi connectivity index (χ3n) is 2.91. The number of carbonyl (C=O) groups is 1. The van der Waals surface area contributed by atoms with Gasteiger partial charge in [-0.05, 0) is 18.2 Å². The third kappa shape index (κ3) is 3.77. The lowest BCUT2D eigenvalue weighted by atomic mass is 10.2. The smallest absolute Gasteiger partial charge is 0.342 e. The number of carbonyl (C=O) groups excluding carboxylic acids is 1. The fourth-order valence-corrected chi connectivity index (χ4v) is 2.38. The number of rotatable bonds is 4. The van der Waals surface area contributed by atoms with Crippen LogP contribution in [0.1, 0.15) is 15.9 Å². The van der Waals surface area contributed by atoms with Crippen molar-refractivity contribution in [3.63, 3.8) is 0 Å². The zero-order valence-electron chi connectivity index (χ0n) is 11.5. The molecule has 0 heterocycles. The molecule has 0 unspecified atom stereocenters. The highest BCUT2D eigenvalue weighted by atomic mass is 35.5. The molecule has 2 rings (SSSR count). The Hall–Kier alpha value is -1.62. The van der Waals surface area contributed by atoms with E-state index in [-0.39, 0.29) is 22.9 Å². The minimum absolute atomic E-state index is 0.0000146. The molecule has 0 saturated heterocycles. The number of esters is 1. The number of nitrogen functional groups attached to an aromatic ring is 1. The number of hydrogen-bond acceptors (Lipinski definition) is 4. The average molecular weight is 361 g/mol. The monoisotopic (exact) mass is 359 g/mol. The van der Waals surface area contributed by atoms with Crippen molar-refractivity contribution in [2.45, 2.75) is 6.61 Å². The molecule has 2 aromatic rings. The van der Waals surface area contributed by atoms with E-state index < -0.39 is 5.97 Å². The second-order valence-electron chi connectivity index (χ2n) is 4.39. The highest BCUT2D eigenvalue weighted by Gasteiger charge is 2.17. The molecule has 0 aliphatic rings. The van der Waals surface area contributed by atoms with Crippen LogP contribution in [0.25, 0.3) is 0 Å². The summed E-state index contributed by atoms with van der Waals surface area (Å²) in [4.78, 5) is 12.2. The van der Waals surface area contributed by atoms with E-state index in [4.69, 9.17) is 50.0 Å². The van der Waals surface area contributed by atoms with Crippen molar-refractivity contribution in [2.24, 2.45) is 0 Å². The molecule has 0 bridgehead atoms. The van der Waals surface area contributed by atoms with E-state index in [1.54, 1.807) is 18.2 Å². The van der Waals surface area contributed by atoms with Gasteiger partial charge in [0.1, 0.15) is 17.9 Å². The predicted molar refractivity (Wildman–Crippen MR) is 88.0 cm³/mol. The van der Waals surface area contributed by atoms with Crippen molar-refractivity contribution in [3.05, 3.63) is 56.5 Å². The molecule has 0 aromatic heterocycles. The lowest BCUT2D eigenvalue weighted by Crippen LogP contribution is -2.08. The van der Waals surface area contributed by atoms with Gasteiger partial charge in [0.2, 0.25) is 0 Å². The Morgan fingerprint density at radius 1 is 1.14 bits per heavy atom. The second kappa shape index (κ2) is 7.09. The molecule has 0 aliphatic carbocycles. The van der Waals surface area contributed by atoms with Gasteiger partial charge in [0.05, 0.1) is 17.8 Å². The molecule has 0 spiro atoms. The molecule has 2 N–H and O–H groups in total. The molecule has 4 nitrogen and oxygen atoms in total. The summed E-state index contributed by atoms with van der Waals surface area (Å²) in [5.74, 6) is -0.307. The van der Waals surface area contributed by atoms with Crippen LogP contribution in [-0.4, -0.2) is 13.1 Å². The molecule has 116 valence electrons. The standard InChI is InChI=1S/C15H12Cl3NO3/c1-21-14-6-13(19)12(18)5-10(14)15(20)22-7-8-2-3-9(16)4-11(8)17/h2-6H,7,19H2,1H3. The number of benzene rings is 2. The van der Waals surface area contributed by atoms with Gasteiger partial charge in [-0.1, -0.05) is 40.9 Å². The maximum atomic E-state index is 12.2. The predicted octanol–water partition coefficient (Wildman–Crippen LogP) is 4.59. The third-order valence-corrected chi connectivity index (χ3v) is 3.83. The molecule has 2 aromatic carbocycles. The zero-order chi connectivity index (χ0) is 16.3. The molecule has 22 heavy (non-hydrogen) atoms. The summed E-state index contributed by atoms with van der Waals surface area (Å²) < 4.78 is 10.3. The molecular weight excluding hydrogens is 349 g/mol. The minimum atomic E-state index is -0.593. The van der Waals surface area contributed by atoms with Gasteiger partial charge in [-0.25, -0.2) is 4.79 Å². The Morgan fingerprint density at radius 2 is 1.86 bits per heavy atom. The van der Waals surface area contributed by atoms with Crippen molar-refractivity contribution in [3.8, 4) is 5.75 Å². The lowest BCUT2D eigenvalue weighted by molar-refractivity contribution is 0.0469. The molecule has 0 atom stereocenters. The van der Waals surface area contributed by atoms with Gasteiger partial charge in [-0.3, -0.25) is 0 Å². The largest absolute Gasteiger partial charge is 0.496 e. The summed E-state index contributed by atoms with van der Waals surface area (Å²) in [6.07, 6.45) is 0. The van der Waals surface area contributed by atoms with Gasteiger partial charge in [0, 0.05) is 21.7 Å². The summed E-state index contributed by atoms with van der Waals surface area (Å²) in [6, 6.07) is 7.80. The maximum absolute atomic E-state index is 12.2. The SMILES string of the molecule is COc1cc(N)c(Cl)cc1C(=O)OCc1ccc(Cl)cc1Cl. The summed E-state index contributed by atoms with van der Waals surface area (Å²) in [5.41, 5.74) is 6.81. The Morgan fingerprint density at radius 3 is 2.50 bits per heavy atom. The Bertz CT molecular complexity index is 719. The van der Waals surface area contributed by atoms with Crippen molar-refractivity contribution >= 4 is 46.5 Å². The molecule has 0 aliphatic heterocycles. The Balaban J connectivity index is 2.17. The van der Waals surface area contributed by atoms with E-state index in [0.29, 0.717) is 21.3 Å². The van der Waals surface area contributed by atoms with Gasteiger partial charge < -0.3 is 15.2 Å². The molecular formula is C15H12Cl3NO3. The van der Waals surface area contributed by atoms with Gasteiger partial charge in [0.15, 0.2) is 0 Å². The molecule has 0 amide bonds. The minimum Gasteiger partial charge on any atom is -0.496 e. The van der Waals surface area contributed by atoms with Crippen molar-refractivity contribution in [1.29, 1.82) is 0 Å². The number of anilines is 1. The summed E-state index contributed by atoms with van der Waals surface area (Å²) >= 11 is 17.8. The number of methoxy groups -OCH3 is 1. The average Bonchev–Trinajstić information content (AvgIpc) is 2.48. The second-order valence-corrected chi connectivity index (χ2v) is 5.64. The normalized spacial score (nSPS) is 10.4. The highest BCUT2D eigenvalue weighted by molar-refractivity contribution is 6.35. The first-order valence-corrected chi connectivity index (χ1v) is 7.30. The topological polar surface area (TPSA) is 61.5 Å². The van der Waals surface area contributed by atoms with Gasteiger partial charge in [0.25, 0.3) is 0 Å². The highest BCUT2D eigenvalue weighted by Crippen LogP contribution is 2.30. The van der Waals surface area contributed by atoms with Crippen LogP contribution in [0.15, 0.2) is 30.3 Å². The number of hydrogen-bond donors (Lipinski definition) is 1. The van der Waals surface area contributed by atoms with Gasteiger partial charge >= 0.3 is 5.97 Å². The summed E-state index contributed by atoms with van der Waals surface area (Å²) in [5, 5.41) is 1.17. The van der Waals surface area contributed by atoms with Gasteiger partial charge in [-0.15, -0.1) is 0 Å². The van der Waals surface area contributed by atoms with E-state index in [1.807, 2.05) is 0 Å². The Labute approximate surface area is 142 Å². The fraction of sp³-hybridized carbons (Fsp3) is 0.133. The first kappa shape index (κ1) is 16.7. The summed E-state index contributed by atoms with van der Waals surface area (Å²) in [6.45, 7) is -0.0000146. The van der Waals surface area contributed by atoms with E-state index in [1.165, 1.54) is 19.2 Å². The maximum Gasteiger partial charge on any atom is 0.342 e. The number of ether oxygens (including phenoxy) is 2. The van der Waals surface area contributed by atoms with Gasteiger partial charge in [-0.2, -0.15) is 0 Å². The van der Waals surface area contributed by atoms with Crippen LogP contribution in [0.5, 0.6) is 5.75 Å². The van der Waals surface area contributed by atoms with Crippen LogP contribution in [0.4, 0.5) is 5.69 Å². The lowest BCUT2D eigenvalue weighted by Gasteiger charge is -2.11. The van der Waals surface area contributed by atoms with Crippen LogP contribution in [-0.2, 0) is 11.3 Å². The Kier molecular flexibility index (Phi) is 5.40. The van der Waals surface area contributed by atoms with E-state index in [0.717, 1.165) is 0 Å². The van der Waals surface area contributed by atoms with Crippen LogP contribution in [0, 0.1) is 0 Å². The van der Waals surface area contributed by atoms with Crippen LogP contribution in [0.2, 0.25) is 15.1 Å². The molecule has 0 fully saturated rings. The number of halogens is 3. The quantitative estimate of drug-likeness (QED) is 0.639. The summed E-state index contributed by atoms with van der Waals surface area (Å²) in [7, 11) is 1.43. The first-order valence-electron chi connectivity index (χ1n) is 6.16. The zero-order valence-corrected chi connectivity index (χ0v) is 13.8. The van der Waals surface area contributed by atoms with E-state index in [9.17, 15) is 4.79 Å². The van der Waals surface area contributed by atoms with Crippen LogP contribution >= 0.6 is 34.8 Å². The van der Waals surface area contributed by atoms with E-state index >= 15 is 0 Å². The van der Waals surface area contributed by atoms with Crippen molar-refractivity contribution in [1.82, 2.24) is 0 Å². The van der Waals surface area contributed by atoms with Crippen molar-refractivity contribution < 1.29 is 14.3 Å². The van der Waals surface area contributed by atoms with Crippen molar-refractivity contribution in [2.75, 3.05) is 12.8 Å². The molecule has 0 saturated carbocycles. The molecule has 0 radical (unpaired) electrons. The van der Waals surface area contributed by atoms with E-state index in [2.05, 4.69) is 0 Å².